The molecule has 1 aliphatic heterocycles. The fourth-order valence-electron chi connectivity index (χ4n) is 2.62. The molecule has 1 amide bonds. The van der Waals surface area contributed by atoms with Gasteiger partial charge in [0.05, 0.1) is 0 Å². The number of anilines is 1. The lowest BCUT2D eigenvalue weighted by Crippen LogP contribution is -2.41. The number of carboxylic acid groups (broad SMARTS) is 1. The molecule has 1 aromatic carbocycles. The van der Waals surface area contributed by atoms with E-state index in [1.54, 1.807) is 6.07 Å². The van der Waals surface area contributed by atoms with Crippen molar-refractivity contribution in [1.82, 2.24) is 5.32 Å². The topological polar surface area (TPSA) is 78.4 Å². The molecule has 1 heterocycles. The second-order valence-electron chi connectivity index (χ2n) is 5.37. The van der Waals surface area contributed by atoms with Gasteiger partial charge in [0, 0.05) is 17.8 Å². The predicted molar refractivity (Wildman–Crippen MR) is 81.7 cm³/mol. The molecule has 5 nitrogen and oxygen atoms in total. The van der Waals surface area contributed by atoms with Gasteiger partial charge in [-0.2, -0.15) is 0 Å². The Morgan fingerprint density at radius 2 is 2.24 bits per heavy atom. The summed E-state index contributed by atoms with van der Waals surface area (Å²) < 4.78 is 0. The van der Waals surface area contributed by atoms with Crippen LogP contribution in [-0.4, -0.2) is 29.6 Å². The summed E-state index contributed by atoms with van der Waals surface area (Å²) in [5.41, 5.74) is 2.55. The molecule has 1 aliphatic rings. The van der Waals surface area contributed by atoms with E-state index in [-0.39, 0.29) is 5.91 Å². The molecular formula is C16H22N2O3. The Kier molecular flexibility index (Phi) is 5.20. The lowest BCUT2D eigenvalue weighted by Gasteiger charge is -2.21. The number of amides is 1. The second kappa shape index (κ2) is 7.11. The number of benzene rings is 1. The molecule has 0 saturated heterocycles. The Hall–Kier alpha value is -2.04. The Balaban J connectivity index is 2.14. The van der Waals surface area contributed by atoms with E-state index in [0.29, 0.717) is 12.0 Å². The minimum absolute atomic E-state index is 0.293. The van der Waals surface area contributed by atoms with Gasteiger partial charge >= 0.3 is 5.97 Å². The van der Waals surface area contributed by atoms with Gasteiger partial charge in [-0.25, -0.2) is 4.79 Å². The summed E-state index contributed by atoms with van der Waals surface area (Å²) in [5, 5.41) is 15.1. The smallest absolute Gasteiger partial charge is 0.326 e. The number of hydrogen-bond donors (Lipinski definition) is 3. The number of fused-ring (bicyclic) bond motifs is 1. The lowest BCUT2D eigenvalue weighted by atomic mass is 9.97. The van der Waals surface area contributed by atoms with Gasteiger partial charge < -0.3 is 15.7 Å². The van der Waals surface area contributed by atoms with E-state index >= 15 is 0 Å². The van der Waals surface area contributed by atoms with Crippen LogP contribution < -0.4 is 10.6 Å². The van der Waals surface area contributed by atoms with Crippen molar-refractivity contribution in [2.24, 2.45) is 0 Å². The molecule has 0 radical (unpaired) electrons. The maximum atomic E-state index is 12.4. The third-order valence-electron chi connectivity index (χ3n) is 3.79. The van der Waals surface area contributed by atoms with Gasteiger partial charge in [0.25, 0.3) is 5.91 Å². The van der Waals surface area contributed by atoms with E-state index in [9.17, 15) is 14.7 Å². The molecule has 3 N–H and O–H groups in total. The van der Waals surface area contributed by atoms with Gasteiger partial charge in [-0.3, -0.25) is 4.79 Å². The summed E-state index contributed by atoms with van der Waals surface area (Å²) in [5.74, 6) is -1.27. The van der Waals surface area contributed by atoms with Crippen LogP contribution in [0.4, 0.5) is 5.69 Å². The van der Waals surface area contributed by atoms with Crippen molar-refractivity contribution in [3.05, 3.63) is 29.3 Å². The van der Waals surface area contributed by atoms with Gasteiger partial charge in [-0.15, -0.1) is 0 Å². The second-order valence-corrected chi connectivity index (χ2v) is 5.37. The number of unbranched alkanes of at least 4 members (excludes halogenated alkanes) is 1. The van der Waals surface area contributed by atoms with Crippen molar-refractivity contribution in [3.8, 4) is 0 Å². The van der Waals surface area contributed by atoms with E-state index in [1.165, 1.54) is 0 Å². The molecule has 1 aromatic rings. The van der Waals surface area contributed by atoms with E-state index in [0.717, 1.165) is 43.5 Å². The summed E-state index contributed by atoms with van der Waals surface area (Å²) in [6, 6.07) is 4.73. The van der Waals surface area contributed by atoms with E-state index in [4.69, 9.17) is 0 Å². The Morgan fingerprint density at radius 1 is 1.43 bits per heavy atom. The standard InChI is InChI=1S/C16H22N2O3/c1-2-3-8-14(16(20)21)18-15(19)12-6-4-9-13-11(12)7-5-10-17-13/h4,6,9,14,17H,2-3,5,7-8,10H2,1H3,(H,18,19)(H,20,21)/t14-/m0/s1. The zero-order valence-electron chi connectivity index (χ0n) is 12.3. The third-order valence-corrected chi connectivity index (χ3v) is 3.79. The molecule has 0 aliphatic carbocycles. The number of carbonyl (C=O) groups excluding carboxylic acids is 1. The van der Waals surface area contributed by atoms with Crippen molar-refractivity contribution >= 4 is 17.6 Å². The van der Waals surface area contributed by atoms with Gasteiger partial charge in [0.1, 0.15) is 6.04 Å². The van der Waals surface area contributed by atoms with Crippen molar-refractivity contribution in [1.29, 1.82) is 0 Å². The first-order valence-corrected chi connectivity index (χ1v) is 7.53. The maximum absolute atomic E-state index is 12.4. The molecule has 21 heavy (non-hydrogen) atoms. The first-order chi connectivity index (χ1) is 10.1. The third kappa shape index (κ3) is 3.74. The van der Waals surface area contributed by atoms with Crippen LogP contribution in [0.2, 0.25) is 0 Å². The van der Waals surface area contributed by atoms with Crippen LogP contribution in [0.25, 0.3) is 0 Å². The zero-order valence-corrected chi connectivity index (χ0v) is 12.3. The summed E-state index contributed by atoms with van der Waals surface area (Å²) >= 11 is 0. The molecule has 114 valence electrons. The first-order valence-electron chi connectivity index (χ1n) is 7.53. The zero-order chi connectivity index (χ0) is 15.2. The first kappa shape index (κ1) is 15.4. The summed E-state index contributed by atoms with van der Waals surface area (Å²) in [4.78, 5) is 23.6. The molecular weight excluding hydrogens is 268 g/mol. The highest BCUT2D eigenvalue weighted by Crippen LogP contribution is 2.25. The van der Waals surface area contributed by atoms with E-state index < -0.39 is 12.0 Å². The molecule has 0 spiro atoms. The largest absolute Gasteiger partial charge is 0.480 e. The van der Waals surface area contributed by atoms with E-state index in [2.05, 4.69) is 10.6 Å². The number of aliphatic carboxylic acids is 1. The predicted octanol–water partition coefficient (Wildman–Crippen LogP) is 2.42. The average Bonchev–Trinajstić information content (AvgIpc) is 2.50. The van der Waals surface area contributed by atoms with Crippen molar-refractivity contribution in [2.45, 2.75) is 45.1 Å². The van der Waals surface area contributed by atoms with Crippen molar-refractivity contribution in [2.75, 3.05) is 11.9 Å². The van der Waals surface area contributed by atoms with E-state index in [1.807, 2.05) is 19.1 Å². The summed E-state index contributed by atoms with van der Waals surface area (Å²) in [7, 11) is 0. The number of carboxylic acids is 1. The quantitative estimate of drug-likeness (QED) is 0.752. The van der Waals surface area contributed by atoms with Crippen LogP contribution in [0, 0.1) is 0 Å². The summed E-state index contributed by atoms with van der Waals surface area (Å²) in [6.07, 6.45) is 3.98. The molecule has 0 unspecified atom stereocenters. The Labute approximate surface area is 124 Å². The van der Waals surface area contributed by atoms with Crippen LogP contribution in [-0.2, 0) is 11.2 Å². The van der Waals surface area contributed by atoms with Crippen LogP contribution in [0.1, 0.15) is 48.5 Å². The number of nitrogens with one attached hydrogen (secondary N) is 2. The fraction of sp³-hybridized carbons (Fsp3) is 0.500. The molecule has 0 saturated carbocycles. The fourth-order valence-corrected chi connectivity index (χ4v) is 2.62. The van der Waals surface area contributed by atoms with Crippen LogP contribution in [0.5, 0.6) is 0 Å². The van der Waals surface area contributed by atoms with Crippen LogP contribution in [0.3, 0.4) is 0 Å². The van der Waals surface area contributed by atoms with Crippen molar-refractivity contribution < 1.29 is 14.7 Å². The highest BCUT2D eigenvalue weighted by atomic mass is 16.4. The maximum Gasteiger partial charge on any atom is 0.326 e. The molecule has 2 rings (SSSR count). The minimum atomic E-state index is -0.972. The highest BCUT2D eigenvalue weighted by molar-refractivity contribution is 5.99. The summed E-state index contributed by atoms with van der Waals surface area (Å²) in [6.45, 7) is 2.91. The van der Waals surface area contributed by atoms with Gasteiger partial charge in [0.2, 0.25) is 0 Å². The van der Waals surface area contributed by atoms with Crippen molar-refractivity contribution in [3.63, 3.8) is 0 Å². The molecule has 0 aromatic heterocycles. The van der Waals surface area contributed by atoms with Crippen LogP contribution in [0.15, 0.2) is 18.2 Å². The SMILES string of the molecule is CCCC[C@H](NC(=O)c1cccc2c1CCCN2)C(=O)O. The monoisotopic (exact) mass is 290 g/mol. The lowest BCUT2D eigenvalue weighted by molar-refractivity contribution is -0.139. The number of rotatable bonds is 6. The molecule has 0 fully saturated rings. The average molecular weight is 290 g/mol. The van der Waals surface area contributed by atoms with Gasteiger partial charge in [0.15, 0.2) is 0 Å². The molecule has 0 bridgehead atoms. The normalized spacial score (nSPS) is 14.7. The molecule has 5 heteroatoms. The van der Waals surface area contributed by atoms with Gasteiger partial charge in [-0.1, -0.05) is 25.8 Å². The van der Waals surface area contributed by atoms with Crippen LogP contribution >= 0.6 is 0 Å². The van der Waals surface area contributed by atoms with Gasteiger partial charge in [-0.05, 0) is 37.0 Å². The number of hydrogen-bond acceptors (Lipinski definition) is 3. The highest BCUT2D eigenvalue weighted by Gasteiger charge is 2.23. The molecule has 1 atom stereocenters. The number of carbonyl (C=O) groups is 2. The Bertz CT molecular complexity index is 528. The Morgan fingerprint density at radius 3 is 2.95 bits per heavy atom. The minimum Gasteiger partial charge on any atom is -0.480 e.